The molecule has 1 aromatic carbocycles. The summed E-state index contributed by atoms with van der Waals surface area (Å²) in [6, 6.07) is 7.06. The van der Waals surface area contributed by atoms with Crippen LogP contribution < -0.4 is 0 Å². The number of carbonyl (C=O) groups excluding carboxylic acids is 2. The molecular weight excluding hydrogens is 256 g/mol. The summed E-state index contributed by atoms with van der Waals surface area (Å²) in [5.74, 6) is -0.600. The molecule has 1 atom stereocenters. The van der Waals surface area contributed by atoms with Gasteiger partial charge >= 0.3 is 0 Å². The van der Waals surface area contributed by atoms with E-state index < -0.39 is 5.92 Å². The van der Waals surface area contributed by atoms with Crippen LogP contribution in [0.3, 0.4) is 0 Å². The van der Waals surface area contributed by atoms with Gasteiger partial charge in [-0.1, -0.05) is 41.9 Å². The number of aldehydes is 1. The van der Waals surface area contributed by atoms with E-state index in [1.807, 2.05) is 13.8 Å². The molecule has 0 fully saturated rings. The van der Waals surface area contributed by atoms with Crippen LogP contribution in [0.1, 0.15) is 24.2 Å². The van der Waals surface area contributed by atoms with Crippen molar-refractivity contribution in [2.24, 2.45) is 11.8 Å². The van der Waals surface area contributed by atoms with E-state index in [1.165, 1.54) is 0 Å². The molecule has 0 aliphatic rings. The van der Waals surface area contributed by atoms with Gasteiger partial charge in [-0.3, -0.25) is 4.79 Å². The Hall–Kier alpha value is -0.960. The Balaban J connectivity index is 2.93. The fourth-order valence-corrected chi connectivity index (χ4v) is 1.59. The predicted molar refractivity (Wildman–Crippen MR) is 62.9 cm³/mol. The van der Waals surface area contributed by atoms with Crippen LogP contribution in [0.25, 0.3) is 0 Å². The molecule has 0 radical (unpaired) electrons. The minimum atomic E-state index is -0.536. The van der Waals surface area contributed by atoms with Crippen LogP contribution in [0.4, 0.5) is 0 Å². The molecule has 3 heteroatoms. The summed E-state index contributed by atoms with van der Waals surface area (Å²) in [5, 5.41) is 0. The zero-order chi connectivity index (χ0) is 11.4. The van der Waals surface area contributed by atoms with Crippen molar-refractivity contribution in [3.05, 3.63) is 34.3 Å². The molecule has 0 spiro atoms. The minimum absolute atomic E-state index is 0.0404. The summed E-state index contributed by atoms with van der Waals surface area (Å²) in [6.07, 6.45) is 0.731. The Kier molecular flexibility index (Phi) is 4.21. The zero-order valence-electron chi connectivity index (χ0n) is 8.74. The molecule has 1 rings (SSSR count). The lowest BCUT2D eigenvalue weighted by molar-refractivity contribution is -0.110. The monoisotopic (exact) mass is 268 g/mol. The lowest BCUT2D eigenvalue weighted by atomic mass is 9.89. The highest BCUT2D eigenvalue weighted by Crippen LogP contribution is 2.17. The Labute approximate surface area is 97.8 Å². The molecule has 2 nitrogen and oxygen atoms in total. The van der Waals surface area contributed by atoms with Gasteiger partial charge in [-0.05, 0) is 18.1 Å². The van der Waals surface area contributed by atoms with E-state index in [9.17, 15) is 9.59 Å². The molecular formula is C12H13BrO2. The largest absolute Gasteiger partial charge is 0.303 e. The van der Waals surface area contributed by atoms with Gasteiger partial charge in [0.2, 0.25) is 0 Å². The molecule has 15 heavy (non-hydrogen) atoms. The SMILES string of the molecule is CC(C)C(C=O)C(=O)c1ccc(Br)cc1. The quantitative estimate of drug-likeness (QED) is 0.478. The van der Waals surface area contributed by atoms with Gasteiger partial charge in [-0.2, -0.15) is 0 Å². The van der Waals surface area contributed by atoms with Crippen molar-refractivity contribution in [1.29, 1.82) is 0 Å². The Bertz CT molecular complexity index is 354. The second-order valence-corrected chi connectivity index (χ2v) is 4.69. The molecule has 0 aliphatic carbocycles. The normalized spacial score (nSPS) is 12.5. The van der Waals surface area contributed by atoms with Gasteiger partial charge in [0.15, 0.2) is 5.78 Å². The Morgan fingerprint density at radius 1 is 1.27 bits per heavy atom. The molecule has 0 amide bonds. The molecule has 0 saturated heterocycles. The molecule has 0 heterocycles. The molecule has 0 bridgehead atoms. The van der Waals surface area contributed by atoms with Crippen LogP contribution in [0.5, 0.6) is 0 Å². The van der Waals surface area contributed by atoms with Gasteiger partial charge in [-0.15, -0.1) is 0 Å². The number of halogens is 1. The second kappa shape index (κ2) is 5.21. The van der Waals surface area contributed by atoms with Gasteiger partial charge in [0.1, 0.15) is 6.29 Å². The van der Waals surface area contributed by atoms with Crippen LogP contribution in [-0.4, -0.2) is 12.1 Å². The van der Waals surface area contributed by atoms with Crippen LogP contribution in [0.2, 0.25) is 0 Å². The molecule has 80 valence electrons. The number of Topliss-reactive ketones (excluding diaryl/α,β-unsaturated/α-hetero) is 1. The maximum Gasteiger partial charge on any atom is 0.173 e. The summed E-state index contributed by atoms with van der Waals surface area (Å²) >= 11 is 3.30. The third kappa shape index (κ3) is 2.99. The van der Waals surface area contributed by atoms with Crippen molar-refractivity contribution in [2.45, 2.75) is 13.8 Å². The van der Waals surface area contributed by atoms with E-state index in [0.29, 0.717) is 5.56 Å². The summed E-state index contributed by atoms with van der Waals surface area (Å²) < 4.78 is 0.922. The van der Waals surface area contributed by atoms with Gasteiger partial charge in [0, 0.05) is 10.0 Å². The van der Waals surface area contributed by atoms with Crippen molar-refractivity contribution in [2.75, 3.05) is 0 Å². The first kappa shape index (κ1) is 12.1. The van der Waals surface area contributed by atoms with Crippen LogP contribution >= 0.6 is 15.9 Å². The van der Waals surface area contributed by atoms with Crippen molar-refractivity contribution in [1.82, 2.24) is 0 Å². The van der Waals surface area contributed by atoms with Crippen LogP contribution in [0.15, 0.2) is 28.7 Å². The average Bonchev–Trinajstić information content (AvgIpc) is 2.19. The summed E-state index contributed by atoms with van der Waals surface area (Å²) in [6.45, 7) is 3.74. The average molecular weight is 269 g/mol. The molecule has 1 unspecified atom stereocenters. The fraction of sp³-hybridized carbons (Fsp3) is 0.333. The molecule has 0 N–H and O–H groups in total. The molecule has 0 saturated carbocycles. The first-order valence-electron chi connectivity index (χ1n) is 4.81. The zero-order valence-corrected chi connectivity index (χ0v) is 10.3. The van der Waals surface area contributed by atoms with Gasteiger partial charge in [0.25, 0.3) is 0 Å². The predicted octanol–water partition coefficient (Wildman–Crippen LogP) is 3.10. The van der Waals surface area contributed by atoms with Crippen LogP contribution in [0, 0.1) is 11.8 Å². The number of carbonyl (C=O) groups is 2. The van der Waals surface area contributed by atoms with Crippen molar-refractivity contribution < 1.29 is 9.59 Å². The van der Waals surface area contributed by atoms with E-state index in [-0.39, 0.29) is 11.7 Å². The molecule has 0 aromatic heterocycles. The molecule has 0 aliphatic heterocycles. The Morgan fingerprint density at radius 2 is 1.80 bits per heavy atom. The summed E-state index contributed by atoms with van der Waals surface area (Å²) in [7, 11) is 0. The highest BCUT2D eigenvalue weighted by atomic mass is 79.9. The Morgan fingerprint density at radius 3 is 2.20 bits per heavy atom. The third-order valence-corrected chi connectivity index (χ3v) is 2.82. The first-order chi connectivity index (χ1) is 7.06. The van der Waals surface area contributed by atoms with Crippen molar-refractivity contribution in [3.8, 4) is 0 Å². The second-order valence-electron chi connectivity index (χ2n) is 3.78. The minimum Gasteiger partial charge on any atom is -0.303 e. The lowest BCUT2D eigenvalue weighted by Gasteiger charge is -2.12. The van der Waals surface area contributed by atoms with Crippen molar-refractivity contribution >= 4 is 28.0 Å². The summed E-state index contributed by atoms with van der Waals surface area (Å²) in [4.78, 5) is 22.7. The lowest BCUT2D eigenvalue weighted by Crippen LogP contribution is -2.21. The third-order valence-electron chi connectivity index (χ3n) is 2.30. The number of hydrogen-bond donors (Lipinski definition) is 0. The summed E-state index contributed by atoms with van der Waals surface area (Å²) in [5.41, 5.74) is 0.587. The topological polar surface area (TPSA) is 34.1 Å². The first-order valence-corrected chi connectivity index (χ1v) is 5.60. The smallest absolute Gasteiger partial charge is 0.173 e. The highest BCUT2D eigenvalue weighted by Gasteiger charge is 2.22. The number of ketones is 1. The van der Waals surface area contributed by atoms with E-state index in [1.54, 1.807) is 24.3 Å². The number of benzene rings is 1. The van der Waals surface area contributed by atoms with Crippen molar-refractivity contribution in [3.63, 3.8) is 0 Å². The van der Waals surface area contributed by atoms with E-state index in [0.717, 1.165) is 10.8 Å². The van der Waals surface area contributed by atoms with E-state index in [2.05, 4.69) is 15.9 Å². The van der Waals surface area contributed by atoms with E-state index in [4.69, 9.17) is 0 Å². The van der Waals surface area contributed by atoms with Gasteiger partial charge in [0.05, 0.1) is 5.92 Å². The maximum atomic E-state index is 11.9. The fourth-order valence-electron chi connectivity index (χ4n) is 1.33. The highest BCUT2D eigenvalue weighted by molar-refractivity contribution is 9.10. The number of rotatable bonds is 4. The maximum absolute atomic E-state index is 11.9. The van der Waals surface area contributed by atoms with Gasteiger partial charge < -0.3 is 4.79 Å². The van der Waals surface area contributed by atoms with E-state index >= 15 is 0 Å². The number of hydrogen-bond acceptors (Lipinski definition) is 2. The standard InChI is InChI=1S/C12H13BrO2/c1-8(2)11(7-14)12(15)9-3-5-10(13)6-4-9/h3-8,11H,1-2H3. The van der Waals surface area contributed by atoms with Gasteiger partial charge in [-0.25, -0.2) is 0 Å². The molecule has 1 aromatic rings. The van der Waals surface area contributed by atoms with Crippen LogP contribution in [-0.2, 0) is 4.79 Å².